The van der Waals surface area contributed by atoms with E-state index in [2.05, 4.69) is 0 Å². The van der Waals surface area contributed by atoms with Crippen LogP contribution in [0.1, 0.15) is 19.3 Å². The molecule has 2 saturated heterocycles. The lowest BCUT2D eigenvalue weighted by atomic mass is 9.76. The molecule has 3 unspecified atom stereocenters. The highest BCUT2D eigenvalue weighted by Crippen LogP contribution is 2.37. The molecule has 3 atom stereocenters. The van der Waals surface area contributed by atoms with Crippen LogP contribution in [0.4, 0.5) is 0 Å². The van der Waals surface area contributed by atoms with Crippen molar-refractivity contribution >= 4 is 5.97 Å². The van der Waals surface area contributed by atoms with Crippen LogP contribution >= 0.6 is 0 Å². The second-order valence-corrected chi connectivity index (χ2v) is 3.47. The van der Waals surface area contributed by atoms with Gasteiger partial charge < -0.3 is 9.84 Å². The van der Waals surface area contributed by atoms with E-state index < -0.39 is 5.97 Å². The van der Waals surface area contributed by atoms with Crippen LogP contribution in [-0.2, 0) is 9.53 Å². The number of carboxylic acids is 1. The number of hydrogen-bond donors (Lipinski definition) is 1. The molecule has 3 heteroatoms. The molecule has 1 saturated carbocycles. The van der Waals surface area contributed by atoms with Crippen molar-refractivity contribution in [3.8, 4) is 0 Å². The summed E-state index contributed by atoms with van der Waals surface area (Å²) in [6.07, 6.45) is 3.08. The molecule has 0 spiro atoms. The van der Waals surface area contributed by atoms with E-state index in [0.29, 0.717) is 6.61 Å². The van der Waals surface area contributed by atoms with Gasteiger partial charge in [0, 0.05) is 0 Å². The van der Waals surface area contributed by atoms with E-state index in [4.69, 9.17) is 9.84 Å². The third kappa shape index (κ3) is 1.13. The van der Waals surface area contributed by atoms with Crippen LogP contribution < -0.4 is 0 Å². The van der Waals surface area contributed by atoms with Gasteiger partial charge in [-0.25, -0.2) is 0 Å². The van der Waals surface area contributed by atoms with Gasteiger partial charge in [0.25, 0.3) is 0 Å². The molecule has 11 heavy (non-hydrogen) atoms. The van der Waals surface area contributed by atoms with Crippen LogP contribution in [-0.4, -0.2) is 23.8 Å². The summed E-state index contributed by atoms with van der Waals surface area (Å²) in [4.78, 5) is 10.7. The molecule has 0 amide bonds. The van der Waals surface area contributed by atoms with Crippen LogP contribution in [0.3, 0.4) is 0 Å². The minimum atomic E-state index is -0.636. The summed E-state index contributed by atoms with van der Waals surface area (Å²) in [7, 11) is 0. The Morgan fingerprint density at radius 1 is 1.45 bits per heavy atom. The standard InChI is InChI=1S/C8H12O3/c9-8(10)7-3-6-2-1-5(7)4-11-6/h5-7H,1-4H2,(H,9,10). The van der Waals surface area contributed by atoms with Crippen molar-refractivity contribution in [1.29, 1.82) is 0 Å². The molecule has 3 rings (SSSR count). The first-order chi connectivity index (χ1) is 5.27. The van der Waals surface area contributed by atoms with Crippen molar-refractivity contribution in [2.45, 2.75) is 25.4 Å². The third-order valence-electron chi connectivity index (χ3n) is 2.81. The predicted molar refractivity (Wildman–Crippen MR) is 38.2 cm³/mol. The maximum absolute atomic E-state index is 10.7. The van der Waals surface area contributed by atoms with E-state index in [9.17, 15) is 4.79 Å². The lowest BCUT2D eigenvalue weighted by molar-refractivity contribution is -0.158. The van der Waals surface area contributed by atoms with Crippen LogP contribution in [0.25, 0.3) is 0 Å². The highest BCUT2D eigenvalue weighted by atomic mass is 16.5. The molecule has 1 aliphatic carbocycles. The molecular weight excluding hydrogens is 144 g/mol. The minimum Gasteiger partial charge on any atom is -0.481 e. The van der Waals surface area contributed by atoms with Gasteiger partial charge in [-0.05, 0) is 25.2 Å². The number of carbonyl (C=O) groups is 1. The summed E-state index contributed by atoms with van der Waals surface area (Å²) in [5.74, 6) is -0.469. The molecule has 1 N–H and O–H groups in total. The Hall–Kier alpha value is -0.570. The van der Waals surface area contributed by atoms with Crippen molar-refractivity contribution in [2.24, 2.45) is 11.8 Å². The van der Waals surface area contributed by atoms with Crippen LogP contribution in [0.5, 0.6) is 0 Å². The SMILES string of the molecule is O=C(O)C1CC2CCC1CO2. The predicted octanol–water partition coefficient (Wildman–Crippen LogP) is 0.886. The van der Waals surface area contributed by atoms with Crippen LogP contribution in [0, 0.1) is 11.8 Å². The van der Waals surface area contributed by atoms with Crippen molar-refractivity contribution in [2.75, 3.05) is 6.61 Å². The van der Waals surface area contributed by atoms with E-state index in [-0.39, 0.29) is 17.9 Å². The number of rotatable bonds is 1. The molecule has 3 nitrogen and oxygen atoms in total. The van der Waals surface area contributed by atoms with E-state index in [0.717, 1.165) is 19.3 Å². The average Bonchev–Trinajstić information content (AvgIpc) is 2.06. The quantitative estimate of drug-likeness (QED) is 0.613. The normalized spacial score (nSPS) is 42.4. The molecule has 0 aromatic carbocycles. The molecule has 3 fully saturated rings. The van der Waals surface area contributed by atoms with Gasteiger partial charge in [-0.1, -0.05) is 0 Å². The van der Waals surface area contributed by atoms with Gasteiger partial charge in [-0.3, -0.25) is 4.79 Å². The summed E-state index contributed by atoms with van der Waals surface area (Å²) in [5, 5.41) is 8.80. The average molecular weight is 156 g/mol. The highest BCUT2D eigenvalue weighted by molar-refractivity contribution is 5.70. The second-order valence-electron chi connectivity index (χ2n) is 3.47. The summed E-state index contributed by atoms with van der Waals surface area (Å²) in [6, 6.07) is 0. The lowest BCUT2D eigenvalue weighted by Crippen LogP contribution is -2.42. The molecular formula is C8H12O3. The Balaban J connectivity index is 2.08. The van der Waals surface area contributed by atoms with E-state index in [1.807, 2.05) is 0 Å². The summed E-state index contributed by atoms with van der Waals surface area (Å²) in [5.41, 5.74) is 0. The number of ether oxygens (including phenoxy) is 1. The number of aliphatic carboxylic acids is 1. The molecule has 2 bridgehead atoms. The van der Waals surface area contributed by atoms with E-state index >= 15 is 0 Å². The molecule has 62 valence electrons. The van der Waals surface area contributed by atoms with Gasteiger partial charge in [-0.15, -0.1) is 0 Å². The Labute approximate surface area is 65.4 Å². The van der Waals surface area contributed by atoms with Crippen molar-refractivity contribution in [3.63, 3.8) is 0 Å². The maximum Gasteiger partial charge on any atom is 0.306 e. The number of carboxylic acid groups (broad SMARTS) is 1. The largest absolute Gasteiger partial charge is 0.481 e. The van der Waals surface area contributed by atoms with Crippen LogP contribution in [0.15, 0.2) is 0 Å². The summed E-state index contributed by atoms with van der Waals surface area (Å²) >= 11 is 0. The highest BCUT2D eigenvalue weighted by Gasteiger charge is 2.40. The summed E-state index contributed by atoms with van der Waals surface area (Å²) < 4.78 is 5.39. The van der Waals surface area contributed by atoms with Gasteiger partial charge in [0.2, 0.25) is 0 Å². The monoisotopic (exact) mass is 156 g/mol. The zero-order valence-corrected chi connectivity index (χ0v) is 6.32. The molecule has 0 aromatic rings. The fourth-order valence-electron chi connectivity index (χ4n) is 2.11. The fourth-order valence-corrected chi connectivity index (χ4v) is 2.11. The van der Waals surface area contributed by atoms with Gasteiger partial charge in [0.15, 0.2) is 0 Å². The minimum absolute atomic E-state index is 0.123. The molecule has 0 aromatic heterocycles. The molecule has 0 radical (unpaired) electrons. The topological polar surface area (TPSA) is 46.5 Å². The van der Waals surface area contributed by atoms with E-state index in [1.54, 1.807) is 0 Å². The zero-order valence-electron chi connectivity index (χ0n) is 6.32. The van der Waals surface area contributed by atoms with Crippen molar-refractivity contribution < 1.29 is 14.6 Å². The number of fused-ring (bicyclic) bond motifs is 3. The molecule has 2 heterocycles. The van der Waals surface area contributed by atoms with Crippen molar-refractivity contribution in [3.05, 3.63) is 0 Å². The second kappa shape index (κ2) is 2.48. The van der Waals surface area contributed by atoms with Gasteiger partial charge in [0.05, 0.1) is 18.6 Å². The number of hydrogen-bond acceptors (Lipinski definition) is 2. The van der Waals surface area contributed by atoms with Crippen molar-refractivity contribution in [1.82, 2.24) is 0 Å². The van der Waals surface area contributed by atoms with Gasteiger partial charge in [-0.2, -0.15) is 0 Å². The smallest absolute Gasteiger partial charge is 0.306 e. The van der Waals surface area contributed by atoms with Crippen LogP contribution in [0.2, 0.25) is 0 Å². The Morgan fingerprint density at radius 2 is 2.27 bits per heavy atom. The van der Waals surface area contributed by atoms with E-state index in [1.165, 1.54) is 0 Å². The first kappa shape index (κ1) is 7.10. The van der Waals surface area contributed by atoms with Gasteiger partial charge in [0.1, 0.15) is 0 Å². The lowest BCUT2D eigenvalue weighted by Gasteiger charge is -2.40. The van der Waals surface area contributed by atoms with Gasteiger partial charge >= 0.3 is 5.97 Å². The fraction of sp³-hybridized carbons (Fsp3) is 0.875. The molecule has 2 aliphatic heterocycles. The Bertz CT molecular complexity index is 170. The first-order valence-corrected chi connectivity index (χ1v) is 4.12. The molecule has 3 aliphatic rings. The third-order valence-corrected chi connectivity index (χ3v) is 2.81. The summed E-state index contributed by atoms with van der Waals surface area (Å²) in [6.45, 7) is 0.668. The Kier molecular flexibility index (Phi) is 1.60. The zero-order chi connectivity index (χ0) is 7.84. The first-order valence-electron chi connectivity index (χ1n) is 4.12. The Morgan fingerprint density at radius 3 is 2.55 bits per heavy atom. The maximum atomic E-state index is 10.7.